The number of hydrogen-bond acceptors (Lipinski definition) is 10. The minimum absolute atomic E-state index is 0.0121. The minimum atomic E-state index is -3.94. The Hall–Kier alpha value is -4.17. The number of primary sulfonamides is 1. The highest BCUT2D eigenvalue weighted by molar-refractivity contribution is 8.00. The van der Waals surface area contributed by atoms with E-state index in [-0.39, 0.29) is 50.3 Å². The number of furan rings is 1. The van der Waals surface area contributed by atoms with Crippen molar-refractivity contribution >= 4 is 45.1 Å². The van der Waals surface area contributed by atoms with Gasteiger partial charge in [0.2, 0.25) is 21.8 Å². The quantitative estimate of drug-likeness (QED) is 0.493. The van der Waals surface area contributed by atoms with Crippen LogP contribution in [0.2, 0.25) is 0 Å². The number of pyridine rings is 1. The van der Waals surface area contributed by atoms with E-state index < -0.39 is 27.1 Å². The molecular weight excluding hydrogens is 480 g/mol. The van der Waals surface area contributed by atoms with Gasteiger partial charge in [0.25, 0.3) is 0 Å². The van der Waals surface area contributed by atoms with Gasteiger partial charge in [-0.1, -0.05) is 11.8 Å². The van der Waals surface area contributed by atoms with Crippen molar-refractivity contribution in [1.29, 1.82) is 10.5 Å². The lowest BCUT2D eigenvalue weighted by Gasteiger charge is -2.16. The van der Waals surface area contributed by atoms with E-state index in [1.165, 1.54) is 30.5 Å². The van der Waals surface area contributed by atoms with Crippen molar-refractivity contribution in [3.63, 3.8) is 0 Å². The third-order valence-electron chi connectivity index (χ3n) is 4.97. The van der Waals surface area contributed by atoms with E-state index in [0.717, 1.165) is 16.7 Å². The van der Waals surface area contributed by atoms with Crippen LogP contribution in [0.15, 0.2) is 57.0 Å². The lowest BCUT2D eigenvalue weighted by Crippen LogP contribution is -2.31. The predicted molar refractivity (Wildman–Crippen MR) is 120 cm³/mol. The molecule has 11 nitrogen and oxygen atoms in total. The van der Waals surface area contributed by atoms with Gasteiger partial charge in [-0.3, -0.25) is 9.59 Å². The molecule has 0 saturated carbocycles. The molecule has 0 radical (unpaired) electrons. The molecule has 4 N–H and O–H groups in total. The molecule has 1 aromatic carbocycles. The molecular formula is C21H14N6O5S2. The molecule has 0 bridgehead atoms. The van der Waals surface area contributed by atoms with Gasteiger partial charge in [-0.2, -0.15) is 10.5 Å². The molecule has 1 aliphatic rings. The number of hydrogen-bond donors (Lipinski definition) is 2. The fourth-order valence-electron chi connectivity index (χ4n) is 3.44. The Morgan fingerprint density at radius 3 is 2.35 bits per heavy atom. The molecule has 3 heterocycles. The second kappa shape index (κ2) is 8.64. The largest absolute Gasteiger partial charge is 0.464 e. The first-order valence-electron chi connectivity index (χ1n) is 9.49. The van der Waals surface area contributed by atoms with E-state index >= 15 is 0 Å². The number of nitrogens with zero attached hydrogens (tertiary/aromatic N) is 4. The van der Waals surface area contributed by atoms with Gasteiger partial charge in [0, 0.05) is 6.42 Å². The third kappa shape index (κ3) is 3.99. The topological polar surface area (TPSA) is 197 Å². The van der Waals surface area contributed by atoms with Gasteiger partial charge in [0.15, 0.2) is 0 Å². The van der Waals surface area contributed by atoms with Crippen LogP contribution in [0.5, 0.6) is 0 Å². The molecule has 170 valence electrons. The Morgan fingerprint density at radius 1 is 1.12 bits per heavy atom. The summed E-state index contributed by atoms with van der Waals surface area (Å²) in [7, 11) is -3.94. The van der Waals surface area contributed by atoms with Crippen molar-refractivity contribution in [2.75, 3.05) is 10.6 Å². The highest BCUT2D eigenvalue weighted by Crippen LogP contribution is 2.40. The summed E-state index contributed by atoms with van der Waals surface area (Å²) in [5.41, 5.74) is 6.22. The van der Waals surface area contributed by atoms with E-state index in [9.17, 15) is 28.5 Å². The number of thioether (sulfide) groups is 1. The van der Waals surface area contributed by atoms with Crippen LogP contribution in [-0.4, -0.2) is 30.5 Å². The molecule has 1 unspecified atom stereocenters. The number of sulfonamides is 1. The summed E-state index contributed by atoms with van der Waals surface area (Å²) in [6.45, 7) is 0. The summed E-state index contributed by atoms with van der Waals surface area (Å²) < 4.78 is 28.3. The van der Waals surface area contributed by atoms with Gasteiger partial charge in [-0.25, -0.2) is 23.4 Å². The van der Waals surface area contributed by atoms with Crippen molar-refractivity contribution in [3.05, 3.63) is 53.8 Å². The van der Waals surface area contributed by atoms with Crippen molar-refractivity contribution in [2.45, 2.75) is 21.6 Å². The molecule has 2 aromatic heterocycles. The summed E-state index contributed by atoms with van der Waals surface area (Å²) in [6, 6.07) is 12.0. The summed E-state index contributed by atoms with van der Waals surface area (Å²) in [6.07, 6.45) is 1.18. The Bertz CT molecular complexity index is 1500. The van der Waals surface area contributed by atoms with Crippen molar-refractivity contribution in [3.8, 4) is 23.5 Å². The van der Waals surface area contributed by atoms with Gasteiger partial charge in [0.05, 0.1) is 33.2 Å². The van der Waals surface area contributed by atoms with Gasteiger partial charge >= 0.3 is 0 Å². The zero-order valence-electron chi connectivity index (χ0n) is 17.1. The number of imide groups is 1. The number of benzene rings is 1. The van der Waals surface area contributed by atoms with E-state index in [1.54, 1.807) is 12.1 Å². The lowest BCUT2D eigenvalue weighted by atomic mass is 10.0. The molecule has 2 amide bonds. The Morgan fingerprint density at radius 2 is 1.79 bits per heavy atom. The highest BCUT2D eigenvalue weighted by Gasteiger charge is 2.41. The van der Waals surface area contributed by atoms with E-state index in [2.05, 4.69) is 4.98 Å². The smallest absolute Gasteiger partial charge is 0.247 e. The Balaban J connectivity index is 1.69. The number of nitriles is 2. The predicted octanol–water partition coefficient (Wildman–Crippen LogP) is 1.74. The molecule has 34 heavy (non-hydrogen) atoms. The molecule has 1 saturated heterocycles. The molecule has 0 aliphatic carbocycles. The Labute approximate surface area is 197 Å². The van der Waals surface area contributed by atoms with Crippen LogP contribution in [-0.2, 0) is 19.6 Å². The molecule has 1 aliphatic heterocycles. The lowest BCUT2D eigenvalue weighted by molar-refractivity contribution is -0.121. The van der Waals surface area contributed by atoms with E-state index in [1.807, 2.05) is 12.1 Å². The van der Waals surface area contributed by atoms with Crippen molar-refractivity contribution < 1.29 is 22.4 Å². The van der Waals surface area contributed by atoms with E-state index in [0.29, 0.717) is 0 Å². The summed E-state index contributed by atoms with van der Waals surface area (Å²) in [5.74, 6) is -1.01. The molecule has 3 aromatic rings. The maximum absolute atomic E-state index is 13.1. The van der Waals surface area contributed by atoms with Crippen molar-refractivity contribution in [1.82, 2.24) is 4.98 Å². The normalized spacial score (nSPS) is 15.9. The minimum Gasteiger partial charge on any atom is -0.464 e. The number of nitrogen functional groups attached to an aromatic ring is 1. The maximum Gasteiger partial charge on any atom is 0.247 e. The molecule has 1 atom stereocenters. The molecule has 0 spiro atoms. The number of rotatable bonds is 5. The first kappa shape index (κ1) is 23.0. The first-order valence-corrected chi connectivity index (χ1v) is 11.9. The summed E-state index contributed by atoms with van der Waals surface area (Å²) in [4.78, 5) is 30.6. The fraction of sp³-hybridized carbons (Fsp3) is 0.0952. The van der Waals surface area contributed by atoms with Crippen LogP contribution in [0.4, 0.5) is 11.5 Å². The molecule has 13 heteroatoms. The number of aromatic nitrogens is 1. The summed E-state index contributed by atoms with van der Waals surface area (Å²) >= 11 is 0.872. The fourth-order valence-corrected chi connectivity index (χ4v) is 5.07. The number of carbonyl (C=O) groups is 2. The van der Waals surface area contributed by atoms with Gasteiger partial charge < -0.3 is 10.2 Å². The van der Waals surface area contributed by atoms with Gasteiger partial charge in [-0.15, -0.1) is 0 Å². The highest BCUT2D eigenvalue weighted by atomic mass is 32.2. The van der Waals surface area contributed by atoms with Gasteiger partial charge in [-0.05, 0) is 36.4 Å². The number of anilines is 2. The van der Waals surface area contributed by atoms with Crippen LogP contribution in [0, 0.1) is 22.7 Å². The average molecular weight is 495 g/mol. The third-order valence-corrected chi connectivity index (χ3v) is 7.07. The standard InChI is InChI=1S/C21H14N6O5S2/c22-9-13-18(15-2-1-7-32-15)14(10-23)20(26-19(13)24)33-16-8-17(28)27(21(16)29)11-3-5-12(6-4-11)34(25,30)31/h1-7,16H,8H2,(H2,24,26)(H2,25,30,31). The Kier molecular flexibility index (Phi) is 5.85. The molecule has 4 rings (SSSR count). The van der Waals surface area contributed by atoms with E-state index in [4.69, 9.17) is 15.3 Å². The van der Waals surface area contributed by atoms with Crippen LogP contribution in [0.1, 0.15) is 17.5 Å². The average Bonchev–Trinajstić information content (AvgIpc) is 3.41. The molecule has 1 fully saturated rings. The van der Waals surface area contributed by atoms with Crippen LogP contribution in [0.25, 0.3) is 11.3 Å². The summed E-state index contributed by atoms with van der Waals surface area (Å²) in [5, 5.41) is 23.6. The van der Waals surface area contributed by atoms with Crippen LogP contribution < -0.4 is 15.8 Å². The monoisotopic (exact) mass is 494 g/mol. The SMILES string of the molecule is N#Cc1c(N)nc(SC2CC(=O)N(c3ccc(S(N)(=O)=O)cc3)C2=O)c(C#N)c1-c1ccco1. The zero-order valence-corrected chi connectivity index (χ0v) is 18.8. The van der Waals surface area contributed by atoms with Crippen LogP contribution in [0.3, 0.4) is 0 Å². The van der Waals surface area contributed by atoms with Crippen molar-refractivity contribution in [2.24, 2.45) is 5.14 Å². The first-order chi connectivity index (χ1) is 16.2. The number of amides is 2. The number of nitrogens with two attached hydrogens (primary N) is 2. The number of carbonyl (C=O) groups excluding carboxylic acids is 2. The maximum atomic E-state index is 13.1. The second-order valence-corrected chi connectivity index (χ2v) is 9.80. The van der Waals surface area contributed by atoms with Crippen LogP contribution >= 0.6 is 11.8 Å². The van der Waals surface area contributed by atoms with Gasteiger partial charge in [0.1, 0.15) is 34.3 Å². The second-order valence-electron chi connectivity index (χ2n) is 7.05. The zero-order chi connectivity index (χ0) is 24.6.